The summed E-state index contributed by atoms with van der Waals surface area (Å²) in [4.78, 5) is 1.86. The van der Waals surface area contributed by atoms with Gasteiger partial charge in [-0.1, -0.05) is 13.3 Å². The number of rotatable bonds is 5. The Morgan fingerprint density at radius 1 is 1.40 bits per heavy atom. The van der Waals surface area contributed by atoms with Crippen molar-refractivity contribution < 1.29 is 18.3 Å². The van der Waals surface area contributed by atoms with Crippen molar-refractivity contribution in [3.8, 4) is 0 Å². The molecule has 0 aromatic carbocycles. The molecule has 1 aliphatic rings. The quantitative estimate of drug-likeness (QED) is 0.799. The Hall–Kier alpha value is 0.0600. The van der Waals surface area contributed by atoms with E-state index in [4.69, 9.17) is 0 Å². The van der Waals surface area contributed by atoms with E-state index in [1.165, 1.54) is 0 Å². The maximum atomic E-state index is 11.8. The van der Waals surface area contributed by atoms with Gasteiger partial charge in [0.15, 0.2) is 0 Å². The molecule has 2 nitrogen and oxygen atoms in total. The lowest BCUT2D eigenvalue weighted by Gasteiger charge is -2.46. The number of aliphatic hydroxyl groups is 1. The van der Waals surface area contributed by atoms with Crippen molar-refractivity contribution in [2.45, 2.75) is 30.9 Å². The highest BCUT2D eigenvalue weighted by Crippen LogP contribution is 2.31. The van der Waals surface area contributed by atoms with Crippen LogP contribution in [0, 0.1) is 0 Å². The van der Waals surface area contributed by atoms with Gasteiger partial charge in [-0.15, -0.1) is 0 Å². The second kappa shape index (κ2) is 4.93. The van der Waals surface area contributed by atoms with Crippen molar-refractivity contribution >= 4 is 11.8 Å². The van der Waals surface area contributed by atoms with Gasteiger partial charge in [0.1, 0.15) is 0 Å². The zero-order valence-corrected chi connectivity index (χ0v) is 9.50. The van der Waals surface area contributed by atoms with Gasteiger partial charge in [0.2, 0.25) is 0 Å². The molecule has 0 aliphatic carbocycles. The van der Waals surface area contributed by atoms with Crippen LogP contribution in [0.1, 0.15) is 19.8 Å². The number of thioether (sulfide) groups is 1. The minimum absolute atomic E-state index is 0.00135. The summed E-state index contributed by atoms with van der Waals surface area (Å²) in [5.74, 6) is 0.0473. The van der Waals surface area contributed by atoms with Crippen molar-refractivity contribution in [3.05, 3.63) is 0 Å². The van der Waals surface area contributed by atoms with Crippen molar-refractivity contribution in [1.82, 2.24) is 4.90 Å². The molecule has 0 amide bonds. The number of halogens is 3. The van der Waals surface area contributed by atoms with Crippen LogP contribution in [0.4, 0.5) is 13.2 Å². The second-order valence-corrected chi connectivity index (χ2v) is 5.14. The van der Waals surface area contributed by atoms with Crippen molar-refractivity contribution in [1.29, 1.82) is 0 Å². The Bertz CT molecular complexity index is 204. The Morgan fingerprint density at radius 2 is 2.00 bits per heavy atom. The first kappa shape index (κ1) is 13.1. The van der Waals surface area contributed by atoms with Gasteiger partial charge in [0.25, 0.3) is 0 Å². The minimum atomic E-state index is -4.13. The molecule has 0 spiro atoms. The second-order valence-electron chi connectivity index (χ2n) is 3.98. The average Bonchev–Trinajstić information content (AvgIpc) is 1.99. The van der Waals surface area contributed by atoms with E-state index in [1.807, 2.05) is 11.8 Å². The van der Waals surface area contributed by atoms with Gasteiger partial charge in [0.05, 0.1) is 5.60 Å². The van der Waals surface area contributed by atoms with Crippen LogP contribution < -0.4 is 0 Å². The number of likely N-dealkylation sites (tertiary alicyclic amines) is 1. The standard InChI is InChI=1S/C9H16F3NOS/c1-2-3-8(14)6-13(7-8)4-5-15-9(10,11)12/h14H,2-7H2,1H3. The predicted molar refractivity (Wildman–Crippen MR) is 54.8 cm³/mol. The zero-order chi connectivity index (χ0) is 11.5. The molecular weight excluding hydrogens is 227 g/mol. The van der Waals surface area contributed by atoms with Gasteiger partial charge in [-0.2, -0.15) is 13.2 Å². The lowest BCUT2D eigenvalue weighted by Crippen LogP contribution is -2.61. The Morgan fingerprint density at radius 3 is 2.47 bits per heavy atom. The number of β-amino-alcohol motifs (C(OH)–C–C–N with tert-alkyl or cyclic N) is 1. The fourth-order valence-electron chi connectivity index (χ4n) is 1.86. The van der Waals surface area contributed by atoms with E-state index in [9.17, 15) is 18.3 Å². The van der Waals surface area contributed by atoms with Gasteiger partial charge in [-0.25, -0.2) is 0 Å². The molecule has 0 bridgehead atoms. The SMILES string of the molecule is CCCC1(O)CN(CCSC(F)(F)F)C1. The van der Waals surface area contributed by atoms with E-state index < -0.39 is 11.1 Å². The third-order valence-corrected chi connectivity index (χ3v) is 3.14. The van der Waals surface area contributed by atoms with Crippen LogP contribution >= 0.6 is 11.8 Å². The molecule has 0 radical (unpaired) electrons. The summed E-state index contributed by atoms with van der Waals surface area (Å²) >= 11 is 0.00135. The van der Waals surface area contributed by atoms with Crippen LogP contribution in [-0.2, 0) is 0 Å². The first-order valence-corrected chi connectivity index (χ1v) is 5.99. The lowest BCUT2D eigenvalue weighted by atomic mass is 9.89. The van der Waals surface area contributed by atoms with Gasteiger partial charge in [-0.3, -0.25) is 4.90 Å². The monoisotopic (exact) mass is 243 g/mol. The summed E-state index contributed by atoms with van der Waals surface area (Å²) < 4.78 is 35.4. The Balaban J connectivity index is 2.08. The molecule has 6 heteroatoms. The fraction of sp³-hybridized carbons (Fsp3) is 1.00. The molecule has 1 rings (SSSR count). The van der Waals surface area contributed by atoms with E-state index in [0.717, 1.165) is 12.8 Å². The molecule has 0 aromatic heterocycles. The maximum absolute atomic E-state index is 11.8. The highest BCUT2D eigenvalue weighted by atomic mass is 32.2. The van der Waals surface area contributed by atoms with Crippen molar-refractivity contribution in [3.63, 3.8) is 0 Å². The predicted octanol–water partition coefficient (Wildman–Crippen LogP) is 2.09. The molecule has 15 heavy (non-hydrogen) atoms. The Labute approximate surface area is 91.8 Å². The molecule has 0 saturated carbocycles. The summed E-state index contributed by atoms with van der Waals surface area (Å²) in [6.45, 7) is 3.41. The third kappa shape index (κ3) is 4.61. The summed E-state index contributed by atoms with van der Waals surface area (Å²) in [5.41, 5.74) is -4.78. The van der Waals surface area contributed by atoms with Crippen LogP contribution in [0.15, 0.2) is 0 Å². The third-order valence-electron chi connectivity index (χ3n) is 2.42. The zero-order valence-electron chi connectivity index (χ0n) is 8.68. The van der Waals surface area contributed by atoms with E-state index in [2.05, 4.69) is 0 Å². The summed E-state index contributed by atoms with van der Waals surface area (Å²) in [6.07, 6.45) is 1.64. The molecule has 0 atom stereocenters. The van der Waals surface area contributed by atoms with Crippen LogP contribution in [0.25, 0.3) is 0 Å². The van der Waals surface area contributed by atoms with Crippen LogP contribution in [-0.4, -0.2) is 46.5 Å². The lowest BCUT2D eigenvalue weighted by molar-refractivity contribution is -0.100. The molecule has 90 valence electrons. The van der Waals surface area contributed by atoms with E-state index >= 15 is 0 Å². The van der Waals surface area contributed by atoms with Crippen molar-refractivity contribution in [2.75, 3.05) is 25.4 Å². The molecule has 0 aromatic rings. The number of hydrogen-bond donors (Lipinski definition) is 1. The highest BCUT2D eigenvalue weighted by Gasteiger charge is 2.40. The molecule has 1 saturated heterocycles. The molecule has 1 N–H and O–H groups in total. The first-order chi connectivity index (χ1) is 6.85. The fourth-order valence-corrected chi connectivity index (χ4v) is 2.44. The molecular formula is C9H16F3NOS. The van der Waals surface area contributed by atoms with Crippen molar-refractivity contribution in [2.24, 2.45) is 0 Å². The topological polar surface area (TPSA) is 23.5 Å². The maximum Gasteiger partial charge on any atom is 0.441 e. The van der Waals surface area contributed by atoms with Gasteiger partial charge in [0, 0.05) is 25.4 Å². The molecule has 1 aliphatic heterocycles. The average molecular weight is 243 g/mol. The smallest absolute Gasteiger partial charge is 0.387 e. The normalized spacial score (nSPS) is 21.4. The Kier molecular flexibility index (Phi) is 4.31. The minimum Gasteiger partial charge on any atom is -0.387 e. The number of nitrogens with zero attached hydrogens (tertiary/aromatic N) is 1. The number of alkyl halides is 3. The largest absolute Gasteiger partial charge is 0.441 e. The van der Waals surface area contributed by atoms with Crippen LogP contribution in [0.2, 0.25) is 0 Å². The summed E-state index contributed by atoms with van der Waals surface area (Å²) in [5, 5.41) is 9.77. The molecule has 1 heterocycles. The van der Waals surface area contributed by atoms with Crippen LogP contribution in [0.3, 0.4) is 0 Å². The van der Waals surface area contributed by atoms with Gasteiger partial charge < -0.3 is 5.11 Å². The van der Waals surface area contributed by atoms with Crippen LogP contribution in [0.5, 0.6) is 0 Å². The van der Waals surface area contributed by atoms with E-state index in [1.54, 1.807) is 0 Å². The molecule has 1 fully saturated rings. The first-order valence-electron chi connectivity index (χ1n) is 5.00. The summed E-state index contributed by atoms with van der Waals surface area (Å²) in [6, 6.07) is 0. The number of hydrogen-bond acceptors (Lipinski definition) is 3. The van der Waals surface area contributed by atoms with E-state index in [0.29, 0.717) is 19.6 Å². The summed E-state index contributed by atoms with van der Waals surface area (Å²) in [7, 11) is 0. The van der Waals surface area contributed by atoms with E-state index in [-0.39, 0.29) is 17.5 Å². The van der Waals surface area contributed by atoms with Gasteiger partial charge >= 0.3 is 5.51 Å². The molecule has 0 unspecified atom stereocenters. The van der Waals surface area contributed by atoms with Gasteiger partial charge in [-0.05, 0) is 18.2 Å². The highest BCUT2D eigenvalue weighted by molar-refractivity contribution is 8.00.